The second kappa shape index (κ2) is 3.25. The second-order valence-electron chi connectivity index (χ2n) is 2.83. The number of oxazole rings is 1. The molecule has 0 radical (unpaired) electrons. The van der Waals surface area contributed by atoms with E-state index in [1.54, 1.807) is 12.1 Å². The molecule has 5 heteroatoms. The van der Waals surface area contributed by atoms with E-state index in [0.29, 0.717) is 11.1 Å². The summed E-state index contributed by atoms with van der Waals surface area (Å²) >= 11 is 0. The van der Waals surface area contributed by atoms with Crippen LogP contribution in [0.5, 0.6) is 6.08 Å². The number of hydrogen-bond acceptors (Lipinski definition) is 3. The van der Waals surface area contributed by atoms with Crippen LogP contribution in [0.4, 0.5) is 8.78 Å². The van der Waals surface area contributed by atoms with Crippen LogP contribution < -0.4 is 4.74 Å². The molecular formula is C9H7F2NO2. The molecule has 0 N–H and O–H groups in total. The SMILES string of the molecule is Cc1ccc2nc(OC(F)F)oc2c1. The molecule has 0 spiro atoms. The summed E-state index contributed by atoms with van der Waals surface area (Å²) in [5.41, 5.74) is 1.92. The molecule has 0 fully saturated rings. The Hall–Kier alpha value is -1.65. The van der Waals surface area contributed by atoms with E-state index >= 15 is 0 Å². The highest BCUT2D eigenvalue weighted by atomic mass is 19.3. The third-order valence-corrected chi connectivity index (χ3v) is 1.71. The maximum atomic E-state index is 11.8. The van der Waals surface area contributed by atoms with Gasteiger partial charge >= 0.3 is 12.7 Å². The quantitative estimate of drug-likeness (QED) is 0.745. The average molecular weight is 199 g/mol. The highest BCUT2D eigenvalue weighted by Gasteiger charge is 2.11. The first-order valence-corrected chi connectivity index (χ1v) is 3.97. The zero-order valence-electron chi connectivity index (χ0n) is 7.33. The molecule has 2 aromatic rings. The van der Waals surface area contributed by atoms with Crippen LogP contribution in [0.25, 0.3) is 11.1 Å². The molecule has 1 aromatic carbocycles. The van der Waals surface area contributed by atoms with Crippen molar-refractivity contribution in [1.29, 1.82) is 0 Å². The number of halogens is 2. The normalized spacial score (nSPS) is 11.1. The lowest BCUT2D eigenvalue weighted by molar-refractivity contribution is -0.0664. The second-order valence-corrected chi connectivity index (χ2v) is 2.83. The number of benzene rings is 1. The highest BCUT2D eigenvalue weighted by molar-refractivity contribution is 5.73. The Bertz CT molecular complexity index is 453. The summed E-state index contributed by atoms with van der Waals surface area (Å²) in [6.07, 6.45) is -0.402. The Kier molecular flexibility index (Phi) is 2.07. The van der Waals surface area contributed by atoms with Crippen molar-refractivity contribution in [2.75, 3.05) is 0 Å². The van der Waals surface area contributed by atoms with Crippen molar-refractivity contribution in [1.82, 2.24) is 4.98 Å². The molecule has 3 nitrogen and oxygen atoms in total. The van der Waals surface area contributed by atoms with Crippen molar-refractivity contribution in [3.8, 4) is 6.08 Å². The van der Waals surface area contributed by atoms with Crippen LogP contribution in [0.3, 0.4) is 0 Å². The summed E-state index contributed by atoms with van der Waals surface area (Å²) in [7, 11) is 0. The molecule has 0 saturated carbocycles. The lowest BCUT2D eigenvalue weighted by Crippen LogP contribution is -2.01. The minimum Gasteiger partial charge on any atom is -0.409 e. The summed E-state index contributed by atoms with van der Waals surface area (Å²) < 4.78 is 32.6. The van der Waals surface area contributed by atoms with E-state index in [4.69, 9.17) is 4.42 Å². The van der Waals surface area contributed by atoms with Gasteiger partial charge in [-0.1, -0.05) is 6.07 Å². The van der Waals surface area contributed by atoms with Crippen molar-refractivity contribution in [2.24, 2.45) is 0 Å². The molecule has 2 rings (SSSR count). The summed E-state index contributed by atoms with van der Waals surface area (Å²) in [6, 6.07) is 5.21. The van der Waals surface area contributed by atoms with Gasteiger partial charge in [-0.15, -0.1) is 0 Å². The largest absolute Gasteiger partial charge is 0.409 e. The van der Waals surface area contributed by atoms with Crippen LogP contribution in [0, 0.1) is 6.92 Å². The van der Waals surface area contributed by atoms with Crippen molar-refractivity contribution < 1.29 is 17.9 Å². The molecule has 0 unspecified atom stereocenters. The van der Waals surface area contributed by atoms with E-state index < -0.39 is 12.7 Å². The number of nitrogens with zero attached hydrogens (tertiary/aromatic N) is 1. The van der Waals surface area contributed by atoms with E-state index in [-0.39, 0.29) is 0 Å². The number of alkyl halides is 2. The zero-order chi connectivity index (χ0) is 10.1. The molecule has 0 amide bonds. The van der Waals surface area contributed by atoms with Gasteiger partial charge in [-0.2, -0.15) is 13.8 Å². The Morgan fingerprint density at radius 1 is 1.43 bits per heavy atom. The standard InChI is InChI=1S/C9H7F2NO2/c1-5-2-3-6-7(4-5)13-9(12-6)14-8(10)11/h2-4,8H,1H3. The minimum absolute atomic E-state index is 0.402. The number of aromatic nitrogens is 1. The zero-order valence-corrected chi connectivity index (χ0v) is 7.33. The number of hydrogen-bond donors (Lipinski definition) is 0. The third kappa shape index (κ3) is 1.66. The molecule has 1 heterocycles. The van der Waals surface area contributed by atoms with Gasteiger partial charge in [0.05, 0.1) is 0 Å². The van der Waals surface area contributed by atoms with Crippen molar-refractivity contribution in [3.05, 3.63) is 23.8 Å². The lowest BCUT2D eigenvalue weighted by atomic mass is 10.2. The van der Waals surface area contributed by atoms with Crippen LogP contribution in [-0.4, -0.2) is 11.6 Å². The van der Waals surface area contributed by atoms with Crippen molar-refractivity contribution in [3.63, 3.8) is 0 Å². The molecule has 0 aliphatic rings. The number of fused-ring (bicyclic) bond motifs is 1. The monoisotopic (exact) mass is 199 g/mol. The molecule has 1 aromatic heterocycles. The fourth-order valence-corrected chi connectivity index (χ4v) is 1.14. The molecule has 0 atom stereocenters. The predicted molar refractivity (Wildman–Crippen MR) is 45.4 cm³/mol. The Balaban J connectivity index is 2.41. The molecule has 14 heavy (non-hydrogen) atoms. The Morgan fingerprint density at radius 2 is 2.21 bits per heavy atom. The average Bonchev–Trinajstić information content (AvgIpc) is 2.44. The first-order valence-electron chi connectivity index (χ1n) is 3.97. The predicted octanol–water partition coefficient (Wildman–Crippen LogP) is 2.74. The van der Waals surface area contributed by atoms with Gasteiger partial charge in [-0.25, -0.2) is 0 Å². The number of rotatable bonds is 2. The Morgan fingerprint density at radius 3 is 2.93 bits per heavy atom. The molecule has 0 saturated heterocycles. The van der Waals surface area contributed by atoms with E-state index in [1.165, 1.54) is 0 Å². The minimum atomic E-state index is -2.91. The van der Waals surface area contributed by atoms with Gasteiger partial charge in [0.2, 0.25) is 0 Å². The summed E-state index contributed by atoms with van der Waals surface area (Å²) in [6.45, 7) is -1.04. The van der Waals surface area contributed by atoms with Crippen LogP contribution >= 0.6 is 0 Å². The summed E-state index contributed by atoms with van der Waals surface area (Å²) in [5.74, 6) is 0. The van der Waals surface area contributed by atoms with Crippen LogP contribution in [0.1, 0.15) is 5.56 Å². The molecule has 0 bridgehead atoms. The maximum Gasteiger partial charge on any atom is 0.399 e. The molecule has 0 aliphatic carbocycles. The lowest BCUT2D eigenvalue weighted by Gasteiger charge is -1.94. The van der Waals surface area contributed by atoms with Crippen molar-refractivity contribution >= 4 is 11.1 Å². The van der Waals surface area contributed by atoms with Crippen LogP contribution in [-0.2, 0) is 0 Å². The highest BCUT2D eigenvalue weighted by Crippen LogP contribution is 2.22. The first-order chi connectivity index (χ1) is 6.65. The van der Waals surface area contributed by atoms with Gasteiger partial charge in [-0.3, -0.25) is 0 Å². The summed E-state index contributed by atoms with van der Waals surface area (Å²) in [4.78, 5) is 3.73. The number of ether oxygens (including phenoxy) is 1. The molecule has 0 aliphatic heterocycles. The van der Waals surface area contributed by atoms with Gasteiger partial charge in [-0.05, 0) is 24.6 Å². The van der Waals surface area contributed by atoms with E-state index in [0.717, 1.165) is 5.56 Å². The molecular weight excluding hydrogens is 192 g/mol. The number of aryl methyl sites for hydroxylation is 1. The summed E-state index contributed by atoms with van der Waals surface area (Å²) in [5, 5.41) is 0. The smallest absolute Gasteiger partial charge is 0.399 e. The third-order valence-electron chi connectivity index (χ3n) is 1.71. The first kappa shape index (κ1) is 8.93. The van der Waals surface area contributed by atoms with Gasteiger partial charge < -0.3 is 9.15 Å². The van der Waals surface area contributed by atoms with Gasteiger partial charge in [0.25, 0.3) is 0 Å². The van der Waals surface area contributed by atoms with Gasteiger partial charge in [0.1, 0.15) is 5.52 Å². The fourth-order valence-electron chi connectivity index (χ4n) is 1.14. The van der Waals surface area contributed by atoms with Crippen LogP contribution in [0.2, 0.25) is 0 Å². The Labute approximate surface area is 78.3 Å². The van der Waals surface area contributed by atoms with Gasteiger partial charge in [0, 0.05) is 0 Å². The topological polar surface area (TPSA) is 35.3 Å². The van der Waals surface area contributed by atoms with E-state index in [9.17, 15) is 8.78 Å². The van der Waals surface area contributed by atoms with E-state index in [2.05, 4.69) is 9.72 Å². The maximum absolute atomic E-state index is 11.8. The van der Waals surface area contributed by atoms with Crippen LogP contribution in [0.15, 0.2) is 22.6 Å². The van der Waals surface area contributed by atoms with Crippen molar-refractivity contribution in [2.45, 2.75) is 13.5 Å². The van der Waals surface area contributed by atoms with Gasteiger partial charge in [0.15, 0.2) is 5.58 Å². The fraction of sp³-hybridized carbons (Fsp3) is 0.222. The van der Waals surface area contributed by atoms with E-state index in [1.807, 2.05) is 13.0 Å². The molecule has 74 valence electrons.